The van der Waals surface area contributed by atoms with Crippen LogP contribution in [0, 0.1) is 16.2 Å². The second kappa shape index (κ2) is 3.00. The summed E-state index contributed by atoms with van der Waals surface area (Å²) < 4.78 is 0. The van der Waals surface area contributed by atoms with Gasteiger partial charge in [0.25, 0.3) is 0 Å². The highest BCUT2D eigenvalue weighted by atomic mass is 14.8. The largest absolute Gasteiger partial charge is 0.0588 e. The summed E-state index contributed by atoms with van der Waals surface area (Å²) in [5.74, 6) is 0. The van der Waals surface area contributed by atoms with Gasteiger partial charge in [-0.25, -0.2) is 0 Å². The number of hydrogen-bond donors (Lipinski definition) is 0. The van der Waals surface area contributed by atoms with Crippen molar-refractivity contribution in [1.82, 2.24) is 0 Å². The second-order valence-corrected chi connectivity index (χ2v) is 6.60. The van der Waals surface area contributed by atoms with Crippen LogP contribution in [0.4, 0.5) is 0 Å². The van der Waals surface area contributed by atoms with E-state index in [0.29, 0.717) is 16.2 Å². The summed E-state index contributed by atoms with van der Waals surface area (Å²) >= 11 is 0. The predicted molar refractivity (Wildman–Crippen MR) is 62.3 cm³/mol. The maximum Gasteiger partial charge on any atom is -0.0184 e. The Balaban J connectivity index is 2.15. The summed E-state index contributed by atoms with van der Waals surface area (Å²) in [6.07, 6.45) is 10.4. The Morgan fingerprint density at radius 3 is 1.29 bits per heavy atom. The molecule has 2 fully saturated rings. The predicted octanol–water partition coefficient (Wildman–Crippen LogP) is 4.78. The monoisotopic (exact) mass is 194 g/mol. The van der Waals surface area contributed by atoms with Crippen molar-refractivity contribution in [3.63, 3.8) is 0 Å². The molecule has 14 heavy (non-hydrogen) atoms. The molecule has 0 saturated heterocycles. The molecule has 82 valence electrons. The molecule has 0 nitrogen and oxygen atoms in total. The molecule has 0 aromatic rings. The molecular weight excluding hydrogens is 168 g/mol. The first-order valence-corrected chi connectivity index (χ1v) is 6.46. The lowest BCUT2D eigenvalue weighted by molar-refractivity contribution is 0.271. The smallest absolute Gasteiger partial charge is 0.0184 e. The lowest BCUT2D eigenvalue weighted by Gasteiger charge is -2.24. The van der Waals surface area contributed by atoms with Crippen LogP contribution < -0.4 is 0 Å². The minimum Gasteiger partial charge on any atom is -0.0588 e. The zero-order valence-corrected chi connectivity index (χ0v) is 10.4. The summed E-state index contributed by atoms with van der Waals surface area (Å²) in [4.78, 5) is 0. The molecule has 0 N–H and O–H groups in total. The molecule has 2 aliphatic carbocycles. The molecule has 0 unspecified atom stereocenters. The standard InChI is InChI=1S/C14H26/c1-12(2)13(3,4)14(12)10-8-6-5-7-9-11-14/h5-11H2,1-4H3. The van der Waals surface area contributed by atoms with Crippen LogP contribution in [0.15, 0.2) is 0 Å². The Hall–Kier alpha value is 0. The molecule has 0 aromatic heterocycles. The van der Waals surface area contributed by atoms with Crippen molar-refractivity contribution in [2.24, 2.45) is 16.2 Å². The minimum atomic E-state index is 0.595. The third kappa shape index (κ3) is 1.06. The molecule has 0 aliphatic heterocycles. The van der Waals surface area contributed by atoms with Gasteiger partial charge in [0.05, 0.1) is 0 Å². The van der Waals surface area contributed by atoms with Gasteiger partial charge >= 0.3 is 0 Å². The van der Waals surface area contributed by atoms with E-state index in [0.717, 1.165) is 0 Å². The highest BCUT2D eigenvalue weighted by molar-refractivity contribution is 5.23. The van der Waals surface area contributed by atoms with E-state index >= 15 is 0 Å². The molecule has 0 atom stereocenters. The van der Waals surface area contributed by atoms with Gasteiger partial charge in [0.15, 0.2) is 0 Å². The van der Waals surface area contributed by atoms with Crippen molar-refractivity contribution in [1.29, 1.82) is 0 Å². The Labute approximate surface area is 89.5 Å². The SMILES string of the molecule is CC1(C)C(C)(C)C12CCCCCCC2. The van der Waals surface area contributed by atoms with Crippen LogP contribution in [0.5, 0.6) is 0 Å². The summed E-state index contributed by atoms with van der Waals surface area (Å²) in [5, 5.41) is 0. The van der Waals surface area contributed by atoms with Gasteiger partial charge in [-0.1, -0.05) is 59.8 Å². The highest BCUT2D eigenvalue weighted by Crippen LogP contribution is 2.81. The maximum absolute atomic E-state index is 2.49. The highest BCUT2D eigenvalue weighted by Gasteiger charge is 2.74. The molecule has 0 aromatic carbocycles. The fourth-order valence-corrected chi connectivity index (χ4v) is 4.30. The first-order valence-electron chi connectivity index (χ1n) is 6.46. The fourth-order valence-electron chi connectivity index (χ4n) is 4.30. The zero-order valence-electron chi connectivity index (χ0n) is 10.4. The van der Waals surface area contributed by atoms with Crippen molar-refractivity contribution in [3.8, 4) is 0 Å². The van der Waals surface area contributed by atoms with Gasteiger partial charge in [0.2, 0.25) is 0 Å². The van der Waals surface area contributed by atoms with Crippen LogP contribution in [0.25, 0.3) is 0 Å². The molecule has 2 aliphatic rings. The Morgan fingerprint density at radius 1 is 0.571 bits per heavy atom. The van der Waals surface area contributed by atoms with Crippen LogP contribution >= 0.6 is 0 Å². The van der Waals surface area contributed by atoms with Gasteiger partial charge < -0.3 is 0 Å². The van der Waals surface area contributed by atoms with E-state index in [4.69, 9.17) is 0 Å². The second-order valence-electron chi connectivity index (χ2n) is 6.60. The van der Waals surface area contributed by atoms with Crippen molar-refractivity contribution in [3.05, 3.63) is 0 Å². The number of rotatable bonds is 0. The van der Waals surface area contributed by atoms with Crippen molar-refractivity contribution >= 4 is 0 Å². The summed E-state index contributed by atoms with van der Waals surface area (Å²) in [6.45, 7) is 9.98. The zero-order chi connectivity index (χ0) is 10.4. The van der Waals surface area contributed by atoms with Crippen molar-refractivity contribution < 1.29 is 0 Å². The van der Waals surface area contributed by atoms with Crippen LogP contribution in [0.3, 0.4) is 0 Å². The molecule has 2 rings (SSSR count). The Kier molecular flexibility index (Phi) is 2.25. The van der Waals surface area contributed by atoms with Crippen LogP contribution in [-0.4, -0.2) is 0 Å². The van der Waals surface area contributed by atoms with E-state index in [1.54, 1.807) is 0 Å². The van der Waals surface area contributed by atoms with Crippen LogP contribution in [0.2, 0.25) is 0 Å². The van der Waals surface area contributed by atoms with E-state index in [9.17, 15) is 0 Å². The summed E-state index contributed by atoms with van der Waals surface area (Å²) in [7, 11) is 0. The number of hydrogen-bond acceptors (Lipinski definition) is 0. The van der Waals surface area contributed by atoms with Crippen molar-refractivity contribution in [2.45, 2.75) is 72.6 Å². The molecule has 0 radical (unpaired) electrons. The molecule has 0 heterocycles. The van der Waals surface area contributed by atoms with Gasteiger partial charge in [-0.05, 0) is 29.1 Å². The maximum atomic E-state index is 2.49. The van der Waals surface area contributed by atoms with Gasteiger partial charge in [-0.15, -0.1) is 0 Å². The average molecular weight is 194 g/mol. The Morgan fingerprint density at radius 2 is 0.929 bits per heavy atom. The van der Waals surface area contributed by atoms with E-state index < -0.39 is 0 Å². The molecular formula is C14H26. The third-order valence-corrected chi connectivity index (χ3v) is 6.10. The van der Waals surface area contributed by atoms with E-state index in [-0.39, 0.29) is 0 Å². The Bertz CT molecular complexity index is 198. The van der Waals surface area contributed by atoms with Gasteiger partial charge in [-0.3, -0.25) is 0 Å². The lowest BCUT2D eigenvalue weighted by Crippen LogP contribution is -2.12. The summed E-state index contributed by atoms with van der Waals surface area (Å²) in [6, 6.07) is 0. The fraction of sp³-hybridized carbons (Fsp3) is 1.00. The first-order chi connectivity index (χ1) is 6.46. The molecule has 1 spiro atoms. The van der Waals surface area contributed by atoms with Crippen LogP contribution in [-0.2, 0) is 0 Å². The quantitative estimate of drug-likeness (QED) is 0.520. The van der Waals surface area contributed by atoms with Crippen molar-refractivity contribution in [2.75, 3.05) is 0 Å². The molecule has 0 heteroatoms. The van der Waals surface area contributed by atoms with Crippen LogP contribution in [0.1, 0.15) is 72.6 Å². The normalized spacial score (nSPS) is 33.4. The van der Waals surface area contributed by atoms with Gasteiger partial charge in [0.1, 0.15) is 0 Å². The molecule has 0 bridgehead atoms. The minimum absolute atomic E-state index is 0.595. The first kappa shape index (κ1) is 10.5. The summed E-state index contributed by atoms with van der Waals surface area (Å²) in [5.41, 5.74) is 1.88. The average Bonchev–Trinajstić information content (AvgIpc) is 2.34. The topological polar surface area (TPSA) is 0 Å². The van der Waals surface area contributed by atoms with E-state index in [1.165, 1.54) is 44.9 Å². The lowest BCUT2D eigenvalue weighted by atomic mass is 9.81. The van der Waals surface area contributed by atoms with E-state index in [1.807, 2.05) is 0 Å². The van der Waals surface area contributed by atoms with E-state index in [2.05, 4.69) is 27.7 Å². The van der Waals surface area contributed by atoms with Gasteiger partial charge in [-0.2, -0.15) is 0 Å². The molecule has 0 amide bonds. The third-order valence-electron chi connectivity index (χ3n) is 6.10. The van der Waals surface area contributed by atoms with Gasteiger partial charge in [0, 0.05) is 0 Å². The molecule has 2 saturated carbocycles.